The number of hydrogen-bond donors (Lipinski definition) is 0. The van der Waals surface area contributed by atoms with Crippen LogP contribution in [0.4, 0.5) is 17.1 Å². The van der Waals surface area contributed by atoms with E-state index in [2.05, 4.69) is 217 Å². The summed E-state index contributed by atoms with van der Waals surface area (Å²) in [6, 6.07) is 58.6. The number of hydrogen-bond acceptors (Lipinski definition) is 1. The number of rotatable bonds is 10. The molecule has 0 saturated heterocycles. The van der Waals surface area contributed by atoms with Crippen molar-refractivity contribution in [2.45, 2.75) is 39.0 Å². The minimum absolute atomic E-state index is 0.479. The van der Waals surface area contributed by atoms with Crippen LogP contribution >= 0.6 is 9.24 Å². The van der Waals surface area contributed by atoms with Crippen molar-refractivity contribution >= 4 is 42.8 Å². The molecule has 0 N–H and O–H groups in total. The monoisotopic (exact) mass is 765 g/mol. The Hall–Kier alpha value is -6.27. The molecule has 0 amide bonds. The third kappa shape index (κ3) is 6.05. The number of fused-ring (bicyclic) bond motifs is 7. The molecule has 7 aromatic rings. The summed E-state index contributed by atoms with van der Waals surface area (Å²) in [6.45, 7) is 10.6. The number of para-hydroxylation sites is 1. The van der Waals surface area contributed by atoms with Gasteiger partial charge >= 0.3 is 0 Å². The van der Waals surface area contributed by atoms with Crippen LogP contribution in [-0.2, 0) is 11.8 Å². The highest BCUT2D eigenvalue weighted by molar-refractivity contribution is 7.27. The second-order valence-corrected chi connectivity index (χ2v) is 16.1. The van der Waals surface area contributed by atoms with E-state index in [9.17, 15) is 0 Å². The molecule has 2 atom stereocenters. The molecule has 2 aliphatic carbocycles. The molecule has 0 heterocycles. The van der Waals surface area contributed by atoms with Gasteiger partial charge in [0.15, 0.2) is 0 Å². The van der Waals surface area contributed by atoms with Crippen LogP contribution in [0.2, 0.25) is 0 Å². The molecular formula is C56H48NP. The second-order valence-electron chi connectivity index (χ2n) is 15.5. The SMILES string of the molecule is C=C/C=C\C=C/CCc1cccc2c1C(C)=C(c1ccccc1P)C21c2ccccc2-c2cc(N(c3ccccc3)c3cccc(-c4ccccc4C)c3C)ccc21. The fourth-order valence-corrected chi connectivity index (χ4v) is 10.1. The first-order valence-corrected chi connectivity index (χ1v) is 20.9. The summed E-state index contributed by atoms with van der Waals surface area (Å²) in [4.78, 5) is 2.45. The fraction of sp³-hybridized carbons (Fsp3) is 0.107. The maximum Gasteiger partial charge on any atom is 0.0728 e. The second kappa shape index (κ2) is 15.6. The molecule has 0 aromatic heterocycles. The van der Waals surface area contributed by atoms with Crippen LogP contribution in [0.1, 0.15) is 57.9 Å². The summed E-state index contributed by atoms with van der Waals surface area (Å²) in [5.74, 6) is 0. The van der Waals surface area contributed by atoms with E-state index in [-0.39, 0.29) is 0 Å². The Balaban J connectivity index is 1.27. The molecule has 2 heteroatoms. The lowest BCUT2D eigenvalue weighted by Crippen LogP contribution is -2.28. The van der Waals surface area contributed by atoms with Crippen LogP contribution in [0.5, 0.6) is 0 Å². The Kier molecular flexibility index (Phi) is 10.0. The maximum atomic E-state index is 3.81. The van der Waals surface area contributed by atoms with Crippen molar-refractivity contribution in [3.05, 3.63) is 239 Å². The van der Waals surface area contributed by atoms with Gasteiger partial charge in [-0.05, 0) is 147 Å². The molecule has 2 unspecified atom stereocenters. The quantitative estimate of drug-likeness (QED) is 0.0990. The first-order chi connectivity index (χ1) is 28.4. The van der Waals surface area contributed by atoms with Crippen molar-refractivity contribution in [2.24, 2.45) is 0 Å². The molecule has 0 fully saturated rings. The van der Waals surface area contributed by atoms with Crippen LogP contribution in [0.25, 0.3) is 33.4 Å². The summed E-state index contributed by atoms with van der Waals surface area (Å²) in [6.07, 6.45) is 12.2. The zero-order chi connectivity index (χ0) is 39.8. The van der Waals surface area contributed by atoms with Gasteiger partial charge in [-0.2, -0.15) is 0 Å². The van der Waals surface area contributed by atoms with Gasteiger partial charge in [0, 0.05) is 17.1 Å². The number of benzene rings is 7. The number of aryl methyl sites for hydroxylation is 2. The van der Waals surface area contributed by atoms with Gasteiger partial charge < -0.3 is 4.90 Å². The summed E-state index contributed by atoms with van der Waals surface area (Å²) in [5.41, 5.74) is 21.4. The van der Waals surface area contributed by atoms with Crippen molar-refractivity contribution in [2.75, 3.05) is 4.90 Å². The highest BCUT2D eigenvalue weighted by atomic mass is 31.0. The number of anilines is 3. The smallest absolute Gasteiger partial charge is 0.0728 e. The molecule has 0 aliphatic heterocycles. The van der Waals surface area contributed by atoms with Gasteiger partial charge in [0.05, 0.1) is 5.41 Å². The summed E-state index contributed by atoms with van der Waals surface area (Å²) in [7, 11) is 3.05. The molecule has 2 aliphatic rings. The van der Waals surface area contributed by atoms with Crippen LogP contribution < -0.4 is 10.2 Å². The first kappa shape index (κ1) is 37.3. The fourth-order valence-electron chi connectivity index (χ4n) is 9.80. The van der Waals surface area contributed by atoms with Crippen molar-refractivity contribution < 1.29 is 0 Å². The van der Waals surface area contributed by atoms with Gasteiger partial charge in [-0.3, -0.25) is 0 Å². The first-order valence-electron chi connectivity index (χ1n) is 20.3. The average Bonchev–Trinajstić information content (AvgIpc) is 3.69. The third-order valence-corrected chi connectivity index (χ3v) is 12.8. The molecule has 0 bridgehead atoms. The molecule has 0 radical (unpaired) electrons. The van der Waals surface area contributed by atoms with E-state index in [1.165, 1.54) is 88.9 Å². The lowest BCUT2D eigenvalue weighted by atomic mass is 9.67. The van der Waals surface area contributed by atoms with E-state index in [0.717, 1.165) is 24.2 Å². The van der Waals surface area contributed by atoms with E-state index < -0.39 is 5.41 Å². The molecule has 58 heavy (non-hydrogen) atoms. The Morgan fingerprint density at radius 1 is 0.569 bits per heavy atom. The molecule has 1 nitrogen and oxygen atoms in total. The van der Waals surface area contributed by atoms with Gasteiger partial charge in [0.25, 0.3) is 0 Å². The topological polar surface area (TPSA) is 3.24 Å². The highest BCUT2D eigenvalue weighted by Gasteiger charge is 2.53. The molecule has 0 saturated carbocycles. The predicted molar refractivity (Wildman–Crippen MR) is 253 cm³/mol. The zero-order valence-electron chi connectivity index (χ0n) is 33.5. The molecular weight excluding hydrogens is 718 g/mol. The molecule has 7 aromatic carbocycles. The summed E-state index contributed by atoms with van der Waals surface area (Å²) in [5, 5.41) is 1.21. The van der Waals surface area contributed by atoms with Crippen LogP contribution in [0.15, 0.2) is 195 Å². The van der Waals surface area contributed by atoms with Gasteiger partial charge in [-0.15, -0.1) is 9.24 Å². The van der Waals surface area contributed by atoms with Gasteiger partial charge in [0.1, 0.15) is 0 Å². The van der Waals surface area contributed by atoms with Crippen LogP contribution in [0.3, 0.4) is 0 Å². The van der Waals surface area contributed by atoms with E-state index in [1.807, 2.05) is 12.2 Å². The Morgan fingerprint density at radius 3 is 2.03 bits per heavy atom. The zero-order valence-corrected chi connectivity index (χ0v) is 34.7. The Bertz CT molecular complexity index is 2800. The molecule has 1 spiro atoms. The minimum Gasteiger partial charge on any atom is -0.310 e. The van der Waals surface area contributed by atoms with Crippen LogP contribution in [-0.4, -0.2) is 0 Å². The minimum atomic E-state index is -0.479. The van der Waals surface area contributed by atoms with Gasteiger partial charge in [-0.1, -0.05) is 164 Å². The normalized spacial score (nSPS) is 15.3. The number of allylic oxidation sites excluding steroid dienone is 7. The van der Waals surface area contributed by atoms with Crippen molar-refractivity contribution in [3.8, 4) is 22.3 Å². The van der Waals surface area contributed by atoms with E-state index in [0.29, 0.717) is 0 Å². The van der Waals surface area contributed by atoms with E-state index in [4.69, 9.17) is 0 Å². The molecule has 282 valence electrons. The summed E-state index contributed by atoms with van der Waals surface area (Å²) < 4.78 is 0. The largest absolute Gasteiger partial charge is 0.310 e. The highest BCUT2D eigenvalue weighted by Crippen LogP contribution is 2.65. The standard InChI is InChI=1S/C56H48NP/c1-5-6-7-8-9-11-23-41-24-20-32-51-54(41)40(4)55(47-29-17-19-34-53(47)58)56(51)49-31-18-16-28-46(49)48-37-43(35-36-50(48)56)57(42-25-12-10-13-26-42)52-33-21-30-45(39(52)3)44-27-15-14-22-38(44)2/h5-10,12-22,24-37H,1,11,23,58H2,2-4H3/b7-6-,9-8-. The van der Waals surface area contributed by atoms with Crippen molar-refractivity contribution in [1.29, 1.82) is 0 Å². The summed E-state index contributed by atoms with van der Waals surface area (Å²) >= 11 is 0. The Morgan fingerprint density at radius 2 is 1.24 bits per heavy atom. The van der Waals surface area contributed by atoms with E-state index in [1.54, 1.807) is 0 Å². The Labute approximate surface area is 346 Å². The average molecular weight is 766 g/mol. The van der Waals surface area contributed by atoms with Crippen molar-refractivity contribution in [1.82, 2.24) is 0 Å². The lowest BCUT2D eigenvalue weighted by Gasteiger charge is -2.34. The lowest BCUT2D eigenvalue weighted by molar-refractivity contribution is 0.838. The van der Waals surface area contributed by atoms with Crippen LogP contribution in [0, 0.1) is 13.8 Å². The predicted octanol–water partition coefficient (Wildman–Crippen LogP) is 14.4. The van der Waals surface area contributed by atoms with Gasteiger partial charge in [0.2, 0.25) is 0 Å². The van der Waals surface area contributed by atoms with Crippen molar-refractivity contribution in [3.63, 3.8) is 0 Å². The molecule has 9 rings (SSSR count). The van der Waals surface area contributed by atoms with E-state index >= 15 is 0 Å². The van der Waals surface area contributed by atoms with Gasteiger partial charge in [-0.25, -0.2) is 0 Å². The number of nitrogens with zero attached hydrogens (tertiary/aromatic N) is 1. The third-order valence-electron chi connectivity index (χ3n) is 12.3. The maximum absolute atomic E-state index is 3.81.